The van der Waals surface area contributed by atoms with Gasteiger partial charge < -0.3 is 5.32 Å². The van der Waals surface area contributed by atoms with Crippen molar-refractivity contribution in [1.82, 2.24) is 5.32 Å². The van der Waals surface area contributed by atoms with Crippen LogP contribution in [0.25, 0.3) is 0 Å². The van der Waals surface area contributed by atoms with E-state index in [0.29, 0.717) is 6.04 Å². The summed E-state index contributed by atoms with van der Waals surface area (Å²) in [6.45, 7) is 6.08. The molecule has 0 bridgehead atoms. The Morgan fingerprint density at radius 3 is 2.69 bits per heavy atom. The normalized spacial score (nSPS) is 13.2. The van der Waals surface area contributed by atoms with Gasteiger partial charge in [-0.25, -0.2) is 0 Å². The van der Waals surface area contributed by atoms with E-state index in [9.17, 15) is 4.79 Å². The van der Waals surface area contributed by atoms with Crippen molar-refractivity contribution in [3.63, 3.8) is 0 Å². The van der Waals surface area contributed by atoms with Crippen LogP contribution in [0.3, 0.4) is 0 Å². The summed E-state index contributed by atoms with van der Waals surface area (Å²) in [5, 5.41) is 2.91. The Balaban J connectivity index is 3.49. The van der Waals surface area contributed by atoms with Crippen LogP contribution in [0.1, 0.15) is 46.5 Å². The zero-order valence-electron chi connectivity index (χ0n) is 8.97. The van der Waals surface area contributed by atoms with Crippen LogP contribution in [0.2, 0.25) is 0 Å². The zero-order chi connectivity index (χ0) is 10.1. The summed E-state index contributed by atoms with van der Waals surface area (Å²) in [7, 11) is 0. The molecule has 76 valence electrons. The minimum Gasteiger partial charge on any atom is -0.350 e. The first-order valence-corrected chi connectivity index (χ1v) is 5.13. The second-order valence-electron chi connectivity index (χ2n) is 3.41. The molecule has 0 rings (SSSR count). The van der Waals surface area contributed by atoms with Crippen LogP contribution in [0.15, 0.2) is 12.2 Å². The fourth-order valence-electron chi connectivity index (χ4n) is 1.22. The molecule has 0 aliphatic rings. The second kappa shape index (κ2) is 7.84. The number of hydrogen-bond donors (Lipinski definition) is 1. The molecule has 1 unspecified atom stereocenters. The Labute approximate surface area is 81.4 Å². The van der Waals surface area contributed by atoms with Crippen molar-refractivity contribution < 1.29 is 4.79 Å². The molecule has 0 fully saturated rings. The molecule has 13 heavy (non-hydrogen) atoms. The SMILES string of the molecule is CC=CC(=O)NC(C)CCCCC. The molecule has 0 aliphatic heterocycles. The van der Waals surface area contributed by atoms with Gasteiger partial charge in [-0.1, -0.05) is 32.3 Å². The first-order chi connectivity index (χ1) is 6.20. The van der Waals surface area contributed by atoms with Crippen molar-refractivity contribution >= 4 is 5.91 Å². The Kier molecular flexibility index (Phi) is 7.36. The van der Waals surface area contributed by atoms with Crippen LogP contribution in [0.5, 0.6) is 0 Å². The fourth-order valence-corrected chi connectivity index (χ4v) is 1.22. The van der Waals surface area contributed by atoms with Crippen LogP contribution < -0.4 is 5.32 Å². The standard InChI is InChI=1S/C11H21NO/c1-4-6-7-9-10(3)12-11(13)8-5-2/h5,8,10H,4,6-7,9H2,1-3H3,(H,12,13). The third-order valence-corrected chi connectivity index (χ3v) is 1.95. The van der Waals surface area contributed by atoms with E-state index in [0.717, 1.165) is 6.42 Å². The molecule has 1 N–H and O–H groups in total. The third kappa shape index (κ3) is 7.57. The van der Waals surface area contributed by atoms with Crippen molar-refractivity contribution in [2.75, 3.05) is 0 Å². The van der Waals surface area contributed by atoms with Gasteiger partial charge in [-0.3, -0.25) is 4.79 Å². The number of unbranched alkanes of at least 4 members (excludes halogenated alkanes) is 2. The molecular weight excluding hydrogens is 162 g/mol. The fraction of sp³-hybridized carbons (Fsp3) is 0.727. The van der Waals surface area contributed by atoms with Gasteiger partial charge in [0.1, 0.15) is 0 Å². The second-order valence-corrected chi connectivity index (χ2v) is 3.41. The van der Waals surface area contributed by atoms with Gasteiger partial charge in [-0.05, 0) is 26.3 Å². The van der Waals surface area contributed by atoms with Crippen LogP contribution in [-0.4, -0.2) is 11.9 Å². The lowest BCUT2D eigenvalue weighted by Gasteiger charge is -2.11. The van der Waals surface area contributed by atoms with E-state index in [1.165, 1.54) is 19.3 Å². The van der Waals surface area contributed by atoms with Gasteiger partial charge in [-0.15, -0.1) is 0 Å². The molecular formula is C11H21NO. The van der Waals surface area contributed by atoms with Gasteiger partial charge in [0.15, 0.2) is 0 Å². The maximum atomic E-state index is 11.1. The van der Waals surface area contributed by atoms with E-state index < -0.39 is 0 Å². The molecule has 0 saturated heterocycles. The molecule has 0 aromatic rings. The average Bonchev–Trinajstić information content (AvgIpc) is 2.05. The van der Waals surface area contributed by atoms with Crippen molar-refractivity contribution in [2.24, 2.45) is 0 Å². The van der Waals surface area contributed by atoms with Gasteiger partial charge in [-0.2, -0.15) is 0 Å². The van der Waals surface area contributed by atoms with Crippen LogP contribution in [-0.2, 0) is 4.79 Å². The summed E-state index contributed by atoms with van der Waals surface area (Å²) in [5.41, 5.74) is 0. The number of nitrogens with one attached hydrogen (secondary N) is 1. The lowest BCUT2D eigenvalue weighted by atomic mass is 10.1. The molecule has 2 nitrogen and oxygen atoms in total. The minimum absolute atomic E-state index is 0.0199. The number of hydrogen-bond acceptors (Lipinski definition) is 1. The largest absolute Gasteiger partial charge is 0.350 e. The van der Waals surface area contributed by atoms with E-state index in [1.54, 1.807) is 12.2 Å². The third-order valence-electron chi connectivity index (χ3n) is 1.95. The van der Waals surface area contributed by atoms with E-state index in [1.807, 2.05) is 6.92 Å². The maximum absolute atomic E-state index is 11.1. The van der Waals surface area contributed by atoms with Gasteiger partial charge in [0.25, 0.3) is 0 Å². The molecule has 0 heterocycles. The maximum Gasteiger partial charge on any atom is 0.243 e. The predicted molar refractivity (Wildman–Crippen MR) is 56.6 cm³/mol. The Morgan fingerprint density at radius 2 is 2.15 bits per heavy atom. The number of carbonyl (C=O) groups excluding carboxylic acids is 1. The van der Waals surface area contributed by atoms with Crippen LogP contribution >= 0.6 is 0 Å². The Hall–Kier alpha value is -0.790. The summed E-state index contributed by atoms with van der Waals surface area (Å²) in [6.07, 6.45) is 8.09. The molecule has 1 atom stereocenters. The van der Waals surface area contributed by atoms with Gasteiger partial charge in [0, 0.05) is 6.04 Å². The Bertz CT molecular complexity index is 163. The number of carbonyl (C=O) groups is 1. The molecule has 1 amide bonds. The lowest BCUT2D eigenvalue weighted by molar-refractivity contribution is -0.117. The first-order valence-electron chi connectivity index (χ1n) is 5.13. The summed E-state index contributed by atoms with van der Waals surface area (Å²) in [5.74, 6) is 0.0199. The lowest BCUT2D eigenvalue weighted by Crippen LogP contribution is -2.30. The smallest absolute Gasteiger partial charge is 0.243 e. The van der Waals surface area contributed by atoms with E-state index in [-0.39, 0.29) is 5.91 Å². The Morgan fingerprint density at radius 1 is 1.46 bits per heavy atom. The van der Waals surface area contributed by atoms with Crippen molar-refractivity contribution in [2.45, 2.75) is 52.5 Å². The topological polar surface area (TPSA) is 29.1 Å². The average molecular weight is 183 g/mol. The van der Waals surface area contributed by atoms with Crippen molar-refractivity contribution in [1.29, 1.82) is 0 Å². The van der Waals surface area contributed by atoms with E-state index >= 15 is 0 Å². The molecule has 0 radical (unpaired) electrons. The summed E-state index contributed by atoms with van der Waals surface area (Å²) >= 11 is 0. The highest BCUT2D eigenvalue weighted by Gasteiger charge is 2.02. The monoisotopic (exact) mass is 183 g/mol. The summed E-state index contributed by atoms with van der Waals surface area (Å²) < 4.78 is 0. The number of rotatable bonds is 6. The quantitative estimate of drug-likeness (QED) is 0.498. The predicted octanol–water partition coefficient (Wildman–Crippen LogP) is 2.65. The molecule has 0 spiro atoms. The minimum atomic E-state index is 0.0199. The number of allylic oxidation sites excluding steroid dienone is 1. The zero-order valence-corrected chi connectivity index (χ0v) is 8.97. The summed E-state index contributed by atoms with van der Waals surface area (Å²) in [4.78, 5) is 11.1. The van der Waals surface area contributed by atoms with Gasteiger partial charge in [0.05, 0.1) is 0 Å². The van der Waals surface area contributed by atoms with E-state index in [4.69, 9.17) is 0 Å². The molecule has 0 aromatic carbocycles. The molecule has 2 heteroatoms. The van der Waals surface area contributed by atoms with Crippen molar-refractivity contribution in [3.8, 4) is 0 Å². The highest BCUT2D eigenvalue weighted by molar-refractivity contribution is 5.87. The van der Waals surface area contributed by atoms with Gasteiger partial charge >= 0.3 is 0 Å². The molecule has 0 aromatic heterocycles. The summed E-state index contributed by atoms with van der Waals surface area (Å²) in [6, 6.07) is 0.301. The van der Waals surface area contributed by atoms with E-state index in [2.05, 4.69) is 19.2 Å². The van der Waals surface area contributed by atoms with Crippen LogP contribution in [0, 0.1) is 0 Å². The first kappa shape index (κ1) is 12.2. The highest BCUT2D eigenvalue weighted by Crippen LogP contribution is 2.02. The highest BCUT2D eigenvalue weighted by atomic mass is 16.1. The van der Waals surface area contributed by atoms with Crippen LogP contribution in [0.4, 0.5) is 0 Å². The van der Waals surface area contributed by atoms with Gasteiger partial charge in [0.2, 0.25) is 5.91 Å². The molecule has 0 saturated carbocycles. The van der Waals surface area contributed by atoms with Crippen molar-refractivity contribution in [3.05, 3.63) is 12.2 Å². The molecule has 0 aliphatic carbocycles. The number of amides is 1.